The first-order chi connectivity index (χ1) is 15.7. The fourth-order valence-corrected chi connectivity index (χ4v) is 6.13. The number of aliphatic hydroxyl groups is 1. The summed E-state index contributed by atoms with van der Waals surface area (Å²) in [7, 11) is 1.82. The molecule has 0 radical (unpaired) electrons. The Morgan fingerprint density at radius 3 is 2.64 bits per heavy atom. The molecule has 1 fully saturated rings. The van der Waals surface area contributed by atoms with Crippen LogP contribution in [-0.2, 0) is 11.2 Å². The van der Waals surface area contributed by atoms with Gasteiger partial charge in [-0.25, -0.2) is 14.8 Å². The average Bonchev–Trinajstić information content (AvgIpc) is 3.32. The van der Waals surface area contributed by atoms with E-state index in [1.165, 1.54) is 10.4 Å². The van der Waals surface area contributed by atoms with Crippen molar-refractivity contribution in [3.8, 4) is 5.88 Å². The molecule has 2 aromatic heterocycles. The van der Waals surface area contributed by atoms with Crippen LogP contribution in [0, 0.1) is 0 Å². The number of carbonyl (C=O) groups excluding carboxylic acids is 1. The summed E-state index contributed by atoms with van der Waals surface area (Å²) in [6.07, 6.45) is 9.30. The fourth-order valence-electron chi connectivity index (χ4n) is 4.90. The molecule has 1 amide bonds. The molecule has 0 spiro atoms. The second kappa shape index (κ2) is 9.49. The molecule has 0 saturated heterocycles. The van der Waals surface area contributed by atoms with Crippen molar-refractivity contribution in [2.75, 3.05) is 7.05 Å². The number of carbonyl (C=O) groups is 1. The maximum Gasteiger partial charge on any atom is 0.410 e. The Hall–Kier alpha value is -2.35. The summed E-state index contributed by atoms with van der Waals surface area (Å²) in [5.41, 5.74) is 0.768. The highest BCUT2D eigenvalue weighted by atomic mass is 32.1. The van der Waals surface area contributed by atoms with Crippen LogP contribution in [0.25, 0.3) is 10.2 Å². The molecule has 1 saturated carbocycles. The molecule has 2 aliphatic rings. The van der Waals surface area contributed by atoms with Crippen LogP contribution in [-0.4, -0.2) is 50.9 Å². The molecule has 180 valence electrons. The number of nitrogens with zero attached hydrogens (tertiary/aromatic N) is 3. The van der Waals surface area contributed by atoms with Crippen LogP contribution >= 0.6 is 11.3 Å². The van der Waals surface area contributed by atoms with Gasteiger partial charge >= 0.3 is 6.09 Å². The molecule has 1 atom stereocenters. The molecule has 7 nitrogen and oxygen atoms in total. The fraction of sp³-hybridized carbons (Fsp3) is 0.640. The number of aromatic nitrogens is 2. The average molecular weight is 474 g/mol. The van der Waals surface area contributed by atoms with Crippen molar-refractivity contribution in [1.82, 2.24) is 14.9 Å². The van der Waals surface area contributed by atoms with Gasteiger partial charge in [0.2, 0.25) is 5.88 Å². The zero-order valence-corrected chi connectivity index (χ0v) is 21.1. The van der Waals surface area contributed by atoms with Crippen LogP contribution in [0.15, 0.2) is 18.2 Å². The predicted molar refractivity (Wildman–Crippen MR) is 130 cm³/mol. The highest BCUT2D eigenvalue weighted by Gasteiger charge is 2.33. The summed E-state index contributed by atoms with van der Waals surface area (Å²) in [6.45, 7) is 7.53. The van der Waals surface area contributed by atoms with Crippen LogP contribution in [0.1, 0.15) is 82.6 Å². The highest BCUT2D eigenvalue weighted by Crippen LogP contribution is 2.48. The Morgan fingerprint density at radius 2 is 1.97 bits per heavy atom. The van der Waals surface area contributed by atoms with Gasteiger partial charge in [-0.2, -0.15) is 0 Å². The van der Waals surface area contributed by atoms with Gasteiger partial charge in [-0.3, -0.25) is 0 Å². The number of amides is 1. The number of aryl methyl sites for hydroxylation is 1. The number of thiophene rings is 1. The van der Waals surface area contributed by atoms with E-state index >= 15 is 0 Å². The lowest BCUT2D eigenvalue weighted by Crippen LogP contribution is -2.43. The van der Waals surface area contributed by atoms with Gasteiger partial charge in [-0.1, -0.05) is 0 Å². The van der Waals surface area contributed by atoms with Crippen molar-refractivity contribution in [1.29, 1.82) is 0 Å². The predicted octanol–water partition coefficient (Wildman–Crippen LogP) is 6.13. The van der Waals surface area contributed by atoms with Crippen LogP contribution in [0.5, 0.6) is 5.88 Å². The van der Waals surface area contributed by atoms with E-state index in [1.807, 2.05) is 34.7 Å². The van der Waals surface area contributed by atoms with Crippen molar-refractivity contribution in [2.24, 2.45) is 0 Å². The minimum Gasteiger partial charge on any atom is -0.513 e. The molecule has 1 N–H and O–H groups in total. The largest absolute Gasteiger partial charge is 0.513 e. The third-order valence-corrected chi connectivity index (χ3v) is 7.81. The maximum absolute atomic E-state index is 12.4. The number of hydrogen-bond acceptors (Lipinski definition) is 7. The van der Waals surface area contributed by atoms with E-state index in [1.54, 1.807) is 28.6 Å². The number of hydrogen-bond donors (Lipinski definition) is 1. The van der Waals surface area contributed by atoms with E-state index in [0.29, 0.717) is 18.1 Å². The summed E-state index contributed by atoms with van der Waals surface area (Å²) >= 11 is 1.72. The number of ether oxygens (including phenoxy) is 2. The van der Waals surface area contributed by atoms with Gasteiger partial charge in [-0.05, 0) is 83.8 Å². The van der Waals surface area contributed by atoms with Crippen LogP contribution < -0.4 is 4.74 Å². The first-order valence-electron chi connectivity index (χ1n) is 11.9. The molecule has 2 aromatic rings. The van der Waals surface area contributed by atoms with Gasteiger partial charge < -0.3 is 19.5 Å². The Labute approximate surface area is 199 Å². The van der Waals surface area contributed by atoms with Gasteiger partial charge in [0, 0.05) is 24.4 Å². The normalized spacial score (nSPS) is 23.4. The van der Waals surface area contributed by atoms with Crippen molar-refractivity contribution in [2.45, 2.75) is 96.3 Å². The molecule has 1 unspecified atom stereocenters. The number of aliphatic hydroxyl groups excluding tert-OH is 1. The molecule has 8 heteroatoms. The lowest BCUT2D eigenvalue weighted by molar-refractivity contribution is 0.0137. The molecule has 0 aromatic carbocycles. The molecular weight excluding hydrogens is 438 g/mol. The number of allylic oxidation sites excluding steroid dienone is 2. The maximum atomic E-state index is 12.4. The summed E-state index contributed by atoms with van der Waals surface area (Å²) in [5.74, 6) is 1.36. The Bertz CT molecular complexity index is 1030. The quantitative estimate of drug-likeness (QED) is 0.526. The van der Waals surface area contributed by atoms with Crippen molar-refractivity contribution >= 4 is 27.6 Å². The Balaban J connectivity index is 1.45. The minimum atomic E-state index is -0.494. The topological polar surface area (TPSA) is 84.8 Å². The first-order valence-corrected chi connectivity index (χ1v) is 12.7. The summed E-state index contributed by atoms with van der Waals surface area (Å²) in [6, 6.07) is 0.156. The van der Waals surface area contributed by atoms with Gasteiger partial charge in [0.1, 0.15) is 22.9 Å². The summed E-state index contributed by atoms with van der Waals surface area (Å²) in [5, 5.41) is 11.1. The van der Waals surface area contributed by atoms with Gasteiger partial charge in [-0.15, -0.1) is 11.3 Å². The Kier molecular flexibility index (Phi) is 6.84. The first kappa shape index (κ1) is 23.8. The van der Waals surface area contributed by atoms with E-state index in [2.05, 4.69) is 9.97 Å². The smallest absolute Gasteiger partial charge is 0.410 e. The monoisotopic (exact) mass is 473 g/mol. The summed E-state index contributed by atoms with van der Waals surface area (Å²) in [4.78, 5) is 25.5. The second-order valence-corrected chi connectivity index (χ2v) is 11.2. The minimum absolute atomic E-state index is 0.0609. The van der Waals surface area contributed by atoms with Crippen LogP contribution in [0.4, 0.5) is 4.79 Å². The van der Waals surface area contributed by atoms with E-state index in [9.17, 15) is 9.90 Å². The van der Waals surface area contributed by atoms with E-state index in [0.717, 1.165) is 48.7 Å². The molecule has 0 bridgehead atoms. The number of fused-ring (bicyclic) bond motifs is 3. The third kappa shape index (κ3) is 5.26. The Morgan fingerprint density at radius 1 is 1.24 bits per heavy atom. The van der Waals surface area contributed by atoms with E-state index in [-0.39, 0.29) is 24.2 Å². The number of rotatable bonds is 5. The standard InChI is InChI=1S/C25H35N3O4S/c1-6-17(29)13-15-7-12-19-20(15)21-22(26-14-27-23(21)33-19)31-18-10-8-16(9-11-18)28(5)24(30)32-25(2,3)4/h6,14-16,18,29H,7-13H2,1-5H3/b17-6-. The van der Waals surface area contributed by atoms with Gasteiger partial charge in [0.25, 0.3) is 0 Å². The molecule has 4 rings (SSSR count). The van der Waals surface area contributed by atoms with Crippen LogP contribution in [0.3, 0.4) is 0 Å². The lowest BCUT2D eigenvalue weighted by Gasteiger charge is -2.35. The molecule has 33 heavy (non-hydrogen) atoms. The van der Waals surface area contributed by atoms with E-state index in [4.69, 9.17) is 9.47 Å². The van der Waals surface area contributed by atoms with Gasteiger partial charge in [0.15, 0.2) is 0 Å². The van der Waals surface area contributed by atoms with Crippen LogP contribution in [0.2, 0.25) is 0 Å². The third-order valence-electron chi connectivity index (χ3n) is 6.64. The molecule has 2 heterocycles. The van der Waals surface area contributed by atoms with Gasteiger partial charge in [0.05, 0.1) is 11.1 Å². The molecular formula is C25H35N3O4S. The summed E-state index contributed by atoms with van der Waals surface area (Å²) < 4.78 is 12.0. The zero-order chi connectivity index (χ0) is 23.8. The lowest BCUT2D eigenvalue weighted by atomic mass is 9.92. The molecule has 0 aliphatic heterocycles. The van der Waals surface area contributed by atoms with E-state index < -0.39 is 5.60 Å². The SMILES string of the molecule is C/C=C(\O)CC1CCc2sc3ncnc(OC4CCC(N(C)C(=O)OC(C)(C)C)CC4)c3c21. The zero-order valence-electron chi connectivity index (χ0n) is 20.3. The van der Waals surface area contributed by atoms with Crippen molar-refractivity contribution in [3.05, 3.63) is 28.6 Å². The second-order valence-electron chi connectivity index (χ2n) is 10.2. The van der Waals surface area contributed by atoms with Crippen molar-refractivity contribution < 1.29 is 19.4 Å². The molecule has 2 aliphatic carbocycles. The highest BCUT2D eigenvalue weighted by molar-refractivity contribution is 7.19. The van der Waals surface area contributed by atoms with Crippen molar-refractivity contribution in [3.63, 3.8) is 0 Å².